The van der Waals surface area contributed by atoms with Crippen LogP contribution in [0, 0.1) is 23.2 Å². The number of unbranched alkanes of at least 4 members (excludes halogenated alkanes) is 1. The van der Waals surface area contributed by atoms with Crippen LogP contribution in [0.2, 0.25) is 0 Å². The van der Waals surface area contributed by atoms with Gasteiger partial charge in [-0.2, -0.15) is 10.2 Å². The zero-order valence-corrected chi connectivity index (χ0v) is 23.6. The summed E-state index contributed by atoms with van der Waals surface area (Å²) in [4.78, 5) is 36.9. The molecular weight excluding hydrogens is 508 g/mol. The number of aromatic nitrogens is 2. The lowest BCUT2D eigenvalue weighted by molar-refractivity contribution is -0.137. The molecule has 0 radical (unpaired) electrons. The van der Waals surface area contributed by atoms with Crippen molar-refractivity contribution in [3.63, 3.8) is 0 Å². The first-order valence-corrected chi connectivity index (χ1v) is 13.1. The van der Waals surface area contributed by atoms with Gasteiger partial charge < -0.3 is 30.9 Å². The van der Waals surface area contributed by atoms with E-state index in [-0.39, 0.29) is 5.91 Å². The number of anilines is 3. The van der Waals surface area contributed by atoms with Crippen LogP contribution in [-0.4, -0.2) is 90.1 Å². The van der Waals surface area contributed by atoms with E-state index in [0.717, 1.165) is 18.7 Å². The van der Waals surface area contributed by atoms with Crippen LogP contribution in [0.4, 0.5) is 17.5 Å². The monoisotopic (exact) mass is 546 g/mol. The minimum atomic E-state index is -0.969. The number of carbonyl (C=O) groups is 2. The van der Waals surface area contributed by atoms with Gasteiger partial charge in [0.25, 0.3) is 0 Å². The highest BCUT2D eigenvalue weighted by Gasteiger charge is 2.24. The van der Waals surface area contributed by atoms with E-state index in [4.69, 9.17) is 5.26 Å². The van der Waals surface area contributed by atoms with Crippen LogP contribution >= 0.6 is 0 Å². The minimum Gasteiger partial charge on any atom is -0.394 e. The largest absolute Gasteiger partial charge is 0.394 e. The molecule has 0 aliphatic rings. The summed E-state index contributed by atoms with van der Waals surface area (Å²) in [6, 6.07) is 8.13. The summed E-state index contributed by atoms with van der Waals surface area (Å²) in [5.74, 6) is 6.44. The summed E-state index contributed by atoms with van der Waals surface area (Å²) in [6.07, 6.45) is 6.78. The zero-order chi connectivity index (χ0) is 29.3. The van der Waals surface area contributed by atoms with Crippen LogP contribution in [0.25, 0.3) is 0 Å². The Hall–Kier alpha value is -4.45. The van der Waals surface area contributed by atoms with E-state index in [0.29, 0.717) is 48.8 Å². The molecule has 0 fully saturated rings. The van der Waals surface area contributed by atoms with Gasteiger partial charge >= 0.3 is 0 Å². The van der Waals surface area contributed by atoms with Gasteiger partial charge in [-0.1, -0.05) is 24.8 Å². The van der Waals surface area contributed by atoms with Crippen molar-refractivity contribution < 1.29 is 14.7 Å². The van der Waals surface area contributed by atoms with Crippen LogP contribution in [0.1, 0.15) is 37.3 Å². The molecule has 0 spiro atoms. The second kappa shape index (κ2) is 17.2. The van der Waals surface area contributed by atoms with Crippen LogP contribution in [0.15, 0.2) is 42.6 Å². The topological polar surface area (TPSA) is 147 Å². The summed E-state index contributed by atoms with van der Waals surface area (Å²) in [5, 5.41) is 27.8. The summed E-state index contributed by atoms with van der Waals surface area (Å²) in [6.45, 7) is 3.26. The van der Waals surface area contributed by atoms with Crippen molar-refractivity contribution in [1.82, 2.24) is 25.1 Å². The van der Waals surface area contributed by atoms with Gasteiger partial charge in [-0.15, -0.1) is 0 Å². The SMILES string of the molecule is CCCNc1nc(Nc2ccc(C#N)cc2)ncc1C#CCCCNC(=O)C(CO)N(C)C(=O)C=CCN(C)C. The summed E-state index contributed by atoms with van der Waals surface area (Å²) >= 11 is 0. The van der Waals surface area contributed by atoms with Crippen LogP contribution in [0.3, 0.4) is 0 Å². The van der Waals surface area contributed by atoms with Crippen molar-refractivity contribution in [2.45, 2.75) is 32.2 Å². The number of hydrogen-bond donors (Lipinski definition) is 4. The number of rotatable bonds is 14. The predicted molar refractivity (Wildman–Crippen MR) is 156 cm³/mol. The van der Waals surface area contributed by atoms with E-state index in [2.05, 4.69) is 50.8 Å². The molecule has 0 aliphatic carbocycles. The molecule has 1 unspecified atom stereocenters. The number of amides is 2. The number of nitrogens with one attached hydrogen (secondary N) is 3. The van der Waals surface area contributed by atoms with Gasteiger partial charge in [-0.25, -0.2) is 4.98 Å². The Balaban J connectivity index is 1.91. The second-order valence-corrected chi connectivity index (χ2v) is 9.21. The van der Waals surface area contributed by atoms with Crippen molar-refractivity contribution in [2.75, 3.05) is 58.0 Å². The molecule has 1 atom stereocenters. The van der Waals surface area contributed by atoms with Gasteiger partial charge in [0.2, 0.25) is 17.8 Å². The third-order valence-corrected chi connectivity index (χ3v) is 5.62. The fraction of sp³-hybridized carbons (Fsp3) is 0.414. The predicted octanol–water partition coefficient (Wildman–Crippen LogP) is 2.10. The Morgan fingerprint density at radius 2 is 1.93 bits per heavy atom. The lowest BCUT2D eigenvalue weighted by atomic mass is 10.2. The van der Waals surface area contributed by atoms with Crippen molar-refractivity contribution >= 4 is 29.3 Å². The molecule has 0 saturated heterocycles. The Bertz CT molecular complexity index is 1240. The highest BCUT2D eigenvalue weighted by Crippen LogP contribution is 2.18. The molecule has 0 aliphatic heterocycles. The van der Waals surface area contributed by atoms with Gasteiger partial charge in [-0.3, -0.25) is 9.59 Å². The molecule has 4 N–H and O–H groups in total. The third kappa shape index (κ3) is 10.7. The summed E-state index contributed by atoms with van der Waals surface area (Å²) < 4.78 is 0. The molecule has 1 heterocycles. The molecule has 1 aromatic heterocycles. The quantitative estimate of drug-likeness (QED) is 0.159. The van der Waals surface area contributed by atoms with Crippen molar-refractivity contribution in [1.29, 1.82) is 5.26 Å². The van der Waals surface area contributed by atoms with E-state index in [1.807, 2.05) is 19.0 Å². The number of carbonyl (C=O) groups excluding carboxylic acids is 2. The number of aliphatic hydroxyl groups is 1. The number of nitrogens with zero attached hydrogens (tertiary/aromatic N) is 5. The van der Waals surface area contributed by atoms with E-state index < -0.39 is 18.6 Å². The third-order valence-electron chi connectivity index (χ3n) is 5.62. The first-order chi connectivity index (χ1) is 19.3. The van der Waals surface area contributed by atoms with Crippen molar-refractivity contribution in [2.24, 2.45) is 0 Å². The summed E-state index contributed by atoms with van der Waals surface area (Å²) in [7, 11) is 5.26. The number of aliphatic hydroxyl groups excluding tert-OH is 1. The number of likely N-dealkylation sites (N-methyl/N-ethyl adjacent to an activating group) is 2. The van der Waals surface area contributed by atoms with Gasteiger partial charge in [0.15, 0.2) is 0 Å². The van der Waals surface area contributed by atoms with Gasteiger partial charge in [0.05, 0.1) is 30.0 Å². The van der Waals surface area contributed by atoms with Crippen LogP contribution < -0.4 is 16.0 Å². The molecule has 0 bridgehead atoms. The molecule has 212 valence electrons. The molecule has 2 amide bonds. The lowest BCUT2D eigenvalue weighted by Gasteiger charge is -2.24. The maximum atomic E-state index is 12.5. The first-order valence-electron chi connectivity index (χ1n) is 13.1. The molecule has 0 saturated carbocycles. The normalized spacial score (nSPS) is 11.3. The lowest BCUT2D eigenvalue weighted by Crippen LogP contribution is -2.49. The highest BCUT2D eigenvalue weighted by atomic mass is 16.3. The Labute approximate surface area is 236 Å². The molecule has 2 rings (SSSR count). The first kappa shape index (κ1) is 31.8. The highest BCUT2D eigenvalue weighted by molar-refractivity contribution is 5.92. The molecule has 1 aromatic carbocycles. The average molecular weight is 547 g/mol. The fourth-order valence-electron chi connectivity index (χ4n) is 3.35. The molecular formula is C29H38N8O3. The van der Waals surface area contributed by atoms with E-state index in [9.17, 15) is 14.7 Å². The Morgan fingerprint density at radius 1 is 1.18 bits per heavy atom. The van der Waals surface area contributed by atoms with E-state index >= 15 is 0 Å². The van der Waals surface area contributed by atoms with E-state index in [1.54, 1.807) is 36.5 Å². The molecule has 2 aromatic rings. The smallest absolute Gasteiger partial charge is 0.246 e. The van der Waals surface area contributed by atoms with Crippen molar-refractivity contribution in [3.8, 4) is 17.9 Å². The number of nitriles is 1. The zero-order valence-electron chi connectivity index (χ0n) is 23.6. The standard InChI is InChI=1S/C29H38N8O3/c1-5-16-31-27-23(20-33-29(35-27)34-24-14-12-22(19-30)13-15-24)10-7-6-8-17-32-28(40)25(21-38)37(4)26(39)11-9-18-36(2)3/h9,11-15,20,25,38H,5-6,8,16-18,21H2,1-4H3,(H,32,40)(H2,31,33,34,35). The number of hydrogen-bond acceptors (Lipinski definition) is 9. The fourth-order valence-corrected chi connectivity index (χ4v) is 3.35. The van der Waals surface area contributed by atoms with E-state index in [1.165, 1.54) is 18.0 Å². The van der Waals surface area contributed by atoms with Crippen LogP contribution in [0.5, 0.6) is 0 Å². The van der Waals surface area contributed by atoms with Crippen molar-refractivity contribution in [3.05, 3.63) is 53.7 Å². The second-order valence-electron chi connectivity index (χ2n) is 9.21. The maximum absolute atomic E-state index is 12.5. The van der Waals surface area contributed by atoms with Gasteiger partial charge in [-0.05, 0) is 51.2 Å². The van der Waals surface area contributed by atoms with Crippen LogP contribution in [-0.2, 0) is 9.59 Å². The van der Waals surface area contributed by atoms with Gasteiger partial charge in [0, 0.05) is 44.9 Å². The molecule has 11 nitrogen and oxygen atoms in total. The molecule has 11 heteroatoms. The van der Waals surface area contributed by atoms with Gasteiger partial charge in [0.1, 0.15) is 11.9 Å². The Morgan fingerprint density at radius 3 is 2.58 bits per heavy atom. The molecule has 40 heavy (non-hydrogen) atoms. The average Bonchev–Trinajstić information content (AvgIpc) is 2.94. The minimum absolute atomic E-state index is 0.352. The number of benzene rings is 1. The summed E-state index contributed by atoms with van der Waals surface area (Å²) in [5.41, 5.74) is 1.99. The Kier molecular flexibility index (Phi) is 13.7. The maximum Gasteiger partial charge on any atom is 0.246 e.